The Labute approximate surface area is 426 Å². The Balaban J connectivity index is 4.28. The minimum absolute atomic E-state index is 0.0861. The summed E-state index contributed by atoms with van der Waals surface area (Å²) in [6, 6.07) is 0. The fraction of sp³-hybridized carbons (Fsp3) is 0.698. The van der Waals surface area contributed by atoms with Crippen molar-refractivity contribution in [2.24, 2.45) is 0 Å². The van der Waals surface area contributed by atoms with Crippen LogP contribution in [0, 0.1) is 0 Å². The highest BCUT2D eigenvalue weighted by Crippen LogP contribution is 2.14. The second-order valence-corrected chi connectivity index (χ2v) is 18.8. The van der Waals surface area contributed by atoms with Crippen molar-refractivity contribution in [1.29, 1.82) is 0 Å². The van der Waals surface area contributed by atoms with Gasteiger partial charge < -0.3 is 14.2 Å². The van der Waals surface area contributed by atoms with Crippen LogP contribution in [0.2, 0.25) is 0 Å². The molecule has 0 spiro atoms. The predicted octanol–water partition coefficient (Wildman–Crippen LogP) is 19.3. The predicted molar refractivity (Wildman–Crippen MR) is 297 cm³/mol. The highest BCUT2D eigenvalue weighted by molar-refractivity contribution is 5.71. The third kappa shape index (κ3) is 55.1. The van der Waals surface area contributed by atoms with Crippen molar-refractivity contribution in [3.8, 4) is 0 Å². The standard InChI is InChI=1S/C63H106O6/c1-4-7-10-13-16-19-21-23-25-27-28-29-30-31-32-33-34-35-36-37-39-40-42-44-47-50-53-56-62(65)68-59-60(58-67-61(64)55-52-49-46-18-15-12-9-6-3)69-63(66)57-54-51-48-45-43-41-38-26-24-22-20-17-14-11-8-5-2/h7,10,16,19,23,25-26,28-29,31-32,34-35,37-39,60H,4-6,8-9,11-15,17-18,20-22,24,27,30,33,36,40-59H2,1-3H3/b10-7-,19-16-,25-23-,29-28-,32-31-,35-34-,38-26-,39-37-. The molecule has 0 bridgehead atoms. The van der Waals surface area contributed by atoms with Crippen LogP contribution >= 0.6 is 0 Å². The quantitative estimate of drug-likeness (QED) is 0.0262. The Morgan fingerprint density at radius 1 is 0.304 bits per heavy atom. The van der Waals surface area contributed by atoms with Gasteiger partial charge in [0.1, 0.15) is 13.2 Å². The van der Waals surface area contributed by atoms with Crippen LogP contribution < -0.4 is 0 Å². The van der Waals surface area contributed by atoms with Crippen molar-refractivity contribution < 1.29 is 28.6 Å². The molecule has 6 nitrogen and oxygen atoms in total. The smallest absolute Gasteiger partial charge is 0.306 e. The van der Waals surface area contributed by atoms with Crippen LogP contribution in [0.1, 0.15) is 265 Å². The summed E-state index contributed by atoms with van der Waals surface area (Å²) in [7, 11) is 0. The number of allylic oxidation sites excluding steroid dienone is 16. The lowest BCUT2D eigenvalue weighted by molar-refractivity contribution is -0.167. The van der Waals surface area contributed by atoms with Gasteiger partial charge in [0.05, 0.1) is 0 Å². The Kier molecular flexibility index (Phi) is 53.9. The number of hydrogen-bond donors (Lipinski definition) is 0. The maximum Gasteiger partial charge on any atom is 0.306 e. The number of ether oxygens (including phenoxy) is 3. The SMILES string of the molecule is CC/C=C\C/C=C\C/C=C\C/C=C\C/C=C\C/C=C\C/C=C\CCCCCCCC(=O)OCC(COC(=O)CCCCCCCCCC)OC(=O)CCCCCCC/C=C\CCCCCCCCC. The molecule has 394 valence electrons. The lowest BCUT2D eigenvalue weighted by Gasteiger charge is -2.18. The summed E-state index contributed by atoms with van der Waals surface area (Å²) in [5, 5.41) is 0. The molecule has 0 aliphatic heterocycles. The van der Waals surface area contributed by atoms with Gasteiger partial charge in [0.25, 0.3) is 0 Å². The van der Waals surface area contributed by atoms with Crippen molar-refractivity contribution in [1.82, 2.24) is 0 Å². The van der Waals surface area contributed by atoms with E-state index in [0.717, 1.165) is 135 Å². The van der Waals surface area contributed by atoms with Gasteiger partial charge in [-0.05, 0) is 103 Å². The Morgan fingerprint density at radius 2 is 0.565 bits per heavy atom. The molecular formula is C63H106O6. The summed E-state index contributed by atoms with van der Waals surface area (Å²) in [6.07, 6.45) is 75.5. The van der Waals surface area contributed by atoms with E-state index < -0.39 is 6.10 Å². The van der Waals surface area contributed by atoms with E-state index in [-0.39, 0.29) is 31.1 Å². The molecule has 0 fully saturated rings. The van der Waals surface area contributed by atoms with Crippen molar-refractivity contribution in [2.45, 2.75) is 271 Å². The van der Waals surface area contributed by atoms with Gasteiger partial charge in [-0.3, -0.25) is 14.4 Å². The lowest BCUT2D eigenvalue weighted by atomic mass is 10.1. The minimum Gasteiger partial charge on any atom is -0.462 e. The molecule has 0 saturated carbocycles. The molecule has 0 amide bonds. The topological polar surface area (TPSA) is 78.9 Å². The molecule has 1 atom stereocenters. The molecule has 0 aromatic heterocycles. The molecule has 0 N–H and O–H groups in total. The van der Waals surface area contributed by atoms with Gasteiger partial charge in [0, 0.05) is 19.3 Å². The summed E-state index contributed by atoms with van der Waals surface area (Å²) >= 11 is 0. The van der Waals surface area contributed by atoms with Crippen molar-refractivity contribution in [2.75, 3.05) is 13.2 Å². The van der Waals surface area contributed by atoms with Gasteiger partial charge in [-0.15, -0.1) is 0 Å². The van der Waals surface area contributed by atoms with Crippen molar-refractivity contribution in [3.05, 3.63) is 97.2 Å². The first kappa shape index (κ1) is 65.3. The van der Waals surface area contributed by atoms with Crippen LogP contribution in [-0.2, 0) is 28.6 Å². The average Bonchev–Trinajstić information content (AvgIpc) is 3.35. The number of carbonyl (C=O) groups is 3. The summed E-state index contributed by atoms with van der Waals surface area (Å²) in [5.74, 6) is -0.917. The van der Waals surface area contributed by atoms with E-state index >= 15 is 0 Å². The summed E-state index contributed by atoms with van der Waals surface area (Å²) in [6.45, 7) is 6.47. The van der Waals surface area contributed by atoms with Gasteiger partial charge in [0.2, 0.25) is 0 Å². The first-order valence-electron chi connectivity index (χ1n) is 28.7. The Hall–Kier alpha value is -3.67. The third-order valence-electron chi connectivity index (χ3n) is 12.1. The molecule has 0 aliphatic carbocycles. The van der Waals surface area contributed by atoms with E-state index in [1.54, 1.807) is 0 Å². The molecule has 0 aromatic carbocycles. The number of rotatable bonds is 51. The maximum atomic E-state index is 12.8. The molecule has 0 aromatic rings. The van der Waals surface area contributed by atoms with Gasteiger partial charge in [-0.1, -0.05) is 240 Å². The molecule has 0 radical (unpaired) electrons. The van der Waals surface area contributed by atoms with Crippen LogP contribution in [0.5, 0.6) is 0 Å². The van der Waals surface area contributed by atoms with E-state index in [2.05, 4.69) is 118 Å². The van der Waals surface area contributed by atoms with Crippen LogP contribution in [0.15, 0.2) is 97.2 Å². The van der Waals surface area contributed by atoms with Gasteiger partial charge in [-0.2, -0.15) is 0 Å². The van der Waals surface area contributed by atoms with Crippen molar-refractivity contribution in [3.63, 3.8) is 0 Å². The third-order valence-corrected chi connectivity index (χ3v) is 12.1. The molecule has 0 rings (SSSR count). The number of carbonyl (C=O) groups excluding carboxylic acids is 3. The number of esters is 3. The monoisotopic (exact) mass is 959 g/mol. The molecule has 0 heterocycles. The summed E-state index contributed by atoms with van der Waals surface area (Å²) in [5.41, 5.74) is 0. The zero-order valence-corrected chi connectivity index (χ0v) is 45.0. The van der Waals surface area contributed by atoms with E-state index in [9.17, 15) is 14.4 Å². The van der Waals surface area contributed by atoms with Crippen LogP contribution in [0.4, 0.5) is 0 Å². The molecule has 0 aliphatic rings. The van der Waals surface area contributed by atoms with Gasteiger partial charge in [-0.25, -0.2) is 0 Å². The van der Waals surface area contributed by atoms with Crippen molar-refractivity contribution >= 4 is 17.9 Å². The molecule has 0 saturated heterocycles. The largest absolute Gasteiger partial charge is 0.462 e. The fourth-order valence-electron chi connectivity index (χ4n) is 7.77. The molecular weight excluding hydrogens is 853 g/mol. The highest BCUT2D eigenvalue weighted by atomic mass is 16.6. The average molecular weight is 960 g/mol. The second-order valence-electron chi connectivity index (χ2n) is 18.8. The van der Waals surface area contributed by atoms with Gasteiger partial charge in [0.15, 0.2) is 6.10 Å². The molecule has 6 heteroatoms. The first-order chi connectivity index (χ1) is 34.0. The number of hydrogen-bond acceptors (Lipinski definition) is 6. The minimum atomic E-state index is -0.788. The Morgan fingerprint density at radius 3 is 0.899 bits per heavy atom. The Bertz CT molecular complexity index is 1380. The highest BCUT2D eigenvalue weighted by Gasteiger charge is 2.19. The zero-order valence-electron chi connectivity index (χ0n) is 45.0. The maximum absolute atomic E-state index is 12.8. The summed E-state index contributed by atoms with van der Waals surface area (Å²) < 4.78 is 16.8. The normalized spacial score (nSPS) is 12.8. The summed E-state index contributed by atoms with van der Waals surface area (Å²) in [4.78, 5) is 38.0. The van der Waals surface area contributed by atoms with E-state index in [4.69, 9.17) is 14.2 Å². The molecule has 69 heavy (non-hydrogen) atoms. The van der Waals surface area contributed by atoms with E-state index in [1.165, 1.54) is 89.9 Å². The molecule has 1 unspecified atom stereocenters. The zero-order chi connectivity index (χ0) is 50.0. The first-order valence-corrected chi connectivity index (χ1v) is 28.7. The second kappa shape index (κ2) is 56.9. The van der Waals surface area contributed by atoms with E-state index in [0.29, 0.717) is 19.3 Å². The fourth-order valence-corrected chi connectivity index (χ4v) is 7.77. The van der Waals surface area contributed by atoms with Crippen LogP contribution in [0.3, 0.4) is 0 Å². The van der Waals surface area contributed by atoms with Crippen LogP contribution in [-0.4, -0.2) is 37.2 Å². The lowest BCUT2D eigenvalue weighted by Crippen LogP contribution is -2.30. The van der Waals surface area contributed by atoms with Gasteiger partial charge >= 0.3 is 17.9 Å². The van der Waals surface area contributed by atoms with Crippen LogP contribution in [0.25, 0.3) is 0 Å². The number of unbranched alkanes of at least 4 members (excludes halogenated alkanes) is 24. The van der Waals surface area contributed by atoms with E-state index in [1.807, 2.05) is 0 Å².